The summed E-state index contributed by atoms with van der Waals surface area (Å²) in [6.07, 6.45) is 2.94. The summed E-state index contributed by atoms with van der Waals surface area (Å²) in [5.41, 5.74) is 0. The van der Waals surface area contributed by atoms with Crippen LogP contribution in [-0.2, 0) is 4.79 Å². The first-order chi connectivity index (χ1) is 4.68. The molecule has 0 aliphatic carbocycles. The molecular weight excluding hydrogens is 283 g/mol. The third kappa shape index (κ3) is 5.69. The Hall–Kier alpha value is 0.920. The van der Waals surface area contributed by atoms with E-state index in [1.54, 1.807) is 0 Å². The van der Waals surface area contributed by atoms with Gasteiger partial charge in [0.05, 0.1) is 4.83 Å². The van der Waals surface area contributed by atoms with Gasteiger partial charge in [-0.1, -0.05) is 38.3 Å². The maximum Gasteiger partial charge on any atom is 0.235 e. The lowest BCUT2D eigenvalue weighted by Gasteiger charge is -2.01. The lowest BCUT2D eigenvalue weighted by molar-refractivity contribution is -0.111. The molecule has 0 N–H and O–H groups in total. The van der Waals surface area contributed by atoms with Crippen LogP contribution in [0.1, 0.15) is 19.3 Å². The lowest BCUT2D eigenvalue weighted by Crippen LogP contribution is -2.06. The van der Waals surface area contributed by atoms with Crippen LogP contribution in [0, 0.1) is 0 Å². The molecule has 1 nitrogen and oxygen atoms in total. The minimum absolute atomic E-state index is 0.159. The van der Waals surface area contributed by atoms with Crippen LogP contribution < -0.4 is 0 Å². The van der Waals surface area contributed by atoms with Crippen molar-refractivity contribution in [2.24, 2.45) is 0 Å². The molecule has 0 aromatic heterocycles. The van der Waals surface area contributed by atoms with Crippen molar-refractivity contribution in [2.45, 2.75) is 24.1 Å². The standard InChI is InChI=1S/C6H9Br2ClO/c7-4-2-1-3-5(8)6(9)10/h5H,1-4H2. The van der Waals surface area contributed by atoms with Gasteiger partial charge in [0, 0.05) is 5.33 Å². The van der Waals surface area contributed by atoms with E-state index < -0.39 is 0 Å². The molecule has 0 spiro atoms. The fourth-order valence-electron chi connectivity index (χ4n) is 0.532. The minimum atomic E-state index is -0.297. The van der Waals surface area contributed by atoms with E-state index in [2.05, 4.69) is 31.9 Å². The summed E-state index contributed by atoms with van der Waals surface area (Å²) in [4.78, 5) is 10.3. The normalized spacial score (nSPS) is 13.1. The highest BCUT2D eigenvalue weighted by Crippen LogP contribution is 2.13. The average Bonchev–Trinajstić information content (AvgIpc) is 1.88. The average molecular weight is 292 g/mol. The Bertz CT molecular complexity index is 108. The molecule has 0 rings (SSSR count). The van der Waals surface area contributed by atoms with Crippen molar-refractivity contribution in [1.82, 2.24) is 0 Å². The van der Waals surface area contributed by atoms with Crippen LogP contribution in [0.25, 0.3) is 0 Å². The minimum Gasteiger partial charge on any atom is -0.280 e. The molecule has 1 unspecified atom stereocenters. The largest absolute Gasteiger partial charge is 0.280 e. The summed E-state index contributed by atoms with van der Waals surface area (Å²) in [7, 11) is 0. The van der Waals surface area contributed by atoms with E-state index in [1.807, 2.05) is 0 Å². The van der Waals surface area contributed by atoms with E-state index in [0.717, 1.165) is 24.6 Å². The van der Waals surface area contributed by atoms with Crippen molar-refractivity contribution in [1.29, 1.82) is 0 Å². The van der Waals surface area contributed by atoms with Crippen LogP contribution >= 0.6 is 43.5 Å². The van der Waals surface area contributed by atoms with Crippen molar-refractivity contribution in [3.8, 4) is 0 Å². The predicted molar refractivity (Wildman–Crippen MR) is 51.2 cm³/mol. The first-order valence-corrected chi connectivity index (χ1v) is 5.49. The molecule has 0 saturated carbocycles. The molecule has 1 atom stereocenters. The third-order valence-electron chi connectivity index (χ3n) is 1.09. The van der Waals surface area contributed by atoms with E-state index in [1.165, 1.54) is 0 Å². The highest BCUT2D eigenvalue weighted by atomic mass is 79.9. The van der Waals surface area contributed by atoms with Crippen LogP contribution in [0.15, 0.2) is 0 Å². The van der Waals surface area contributed by atoms with Crippen LogP contribution in [-0.4, -0.2) is 15.4 Å². The second-order valence-electron chi connectivity index (χ2n) is 1.96. The molecule has 0 aromatic carbocycles. The summed E-state index contributed by atoms with van der Waals surface area (Å²) in [6, 6.07) is 0. The molecular formula is C6H9Br2ClO. The maximum atomic E-state index is 10.4. The van der Waals surface area contributed by atoms with Crippen molar-refractivity contribution in [3.63, 3.8) is 0 Å². The van der Waals surface area contributed by atoms with E-state index >= 15 is 0 Å². The van der Waals surface area contributed by atoms with Gasteiger partial charge >= 0.3 is 0 Å². The van der Waals surface area contributed by atoms with E-state index in [0.29, 0.717) is 0 Å². The molecule has 4 heteroatoms. The van der Waals surface area contributed by atoms with Gasteiger partial charge in [-0.05, 0) is 24.4 Å². The molecule has 10 heavy (non-hydrogen) atoms. The molecule has 60 valence electrons. The first-order valence-electron chi connectivity index (χ1n) is 3.08. The monoisotopic (exact) mass is 290 g/mol. The Labute approximate surface area is 82.8 Å². The zero-order chi connectivity index (χ0) is 7.98. The number of rotatable bonds is 5. The van der Waals surface area contributed by atoms with Gasteiger partial charge in [-0.3, -0.25) is 4.79 Å². The first kappa shape index (κ1) is 10.9. The molecule has 0 radical (unpaired) electrons. The van der Waals surface area contributed by atoms with Gasteiger partial charge in [-0.15, -0.1) is 0 Å². The van der Waals surface area contributed by atoms with Crippen molar-refractivity contribution >= 4 is 48.7 Å². The zero-order valence-electron chi connectivity index (χ0n) is 5.45. The summed E-state index contributed by atoms with van der Waals surface area (Å²) in [6.45, 7) is 0. The quantitative estimate of drug-likeness (QED) is 0.432. The molecule has 0 aliphatic heterocycles. The van der Waals surface area contributed by atoms with Gasteiger partial charge in [0.15, 0.2) is 0 Å². The molecule has 0 aliphatic rings. The maximum absolute atomic E-state index is 10.4. The number of halogens is 3. The smallest absolute Gasteiger partial charge is 0.235 e. The Kier molecular flexibility index (Phi) is 7.23. The van der Waals surface area contributed by atoms with E-state index in [9.17, 15) is 4.79 Å². The fraction of sp³-hybridized carbons (Fsp3) is 0.833. The zero-order valence-corrected chi connectivity index (χ0v) is 9.38. The van der Waals surface area contributed by atoms with E-state index in [-0.39, 0.29) is 10.1 Å². The lowest BCUT2D eigenvalue weighted by atomic mass is 10.2. The molecule has 0 saturated heterocycles. The molecule has 0 aromatic rings. The summed E-state index contributed by atoms with van der Waals surface area (Å²) in [5, 5.41) is 0.693. The van der Waals surface area contributed by atoms with Crippen molar-refractivity contribution < 1.29 is 4.79 Å². The van der Waals surface area contributed by atoms with Crippen LogP contribution in [0.3, 0.4) is 0 Å². The third-order valence-corrected chi connectivity index (χ3v) is 3.05. The van der Waals surface area contributed by atoms with Crippen LogP contribution in [0.5, 0.6) is 0 Å². The predicted octanol–water partition coefficient (Wildman–Crippen LogP) is 3.08. The SMILES string of the molecule is O=C(Cl)C(Br)CCCCBr. The summed E-state index contributed by atoms with van der Waals surface area (Å²) in [5.74, 6) is 0. The number of unbranched alkanes of at least 4 members (excludes halogenated alkanes) is 1. The van der Waals surface area contributed by atoms with Gasteiger partial charge < -0.3 is 0 Å². The Morgan fingerprint density at radius 3 is 2.50 bits per heavy atom. The highest BCUT2D eigenvalue weighted by molar-refractivity contribution is 9.10. The number of carbonyl (C=O) groups excluding carboxylic acids is 1. The van der Waals surface area contributed by atoms with Gasteiger partial charge in [0.25, 0.3) is 0 Å². The van der Waals surface area contributed by atoms with Gasteiger partial charge in [-0.25, -0.2) is 0 Å². The van der Waals surface area contributed by atoms with Crippen molar-refractivity contribution in [2.75, 3.05) is 5.33 Å². The topological polar surface area (TPSA) is 17.1 Å². The molecule has 0 amide bonds. The Morgan fingerprint density at radius 1 is 1.50 bits per heavy atom. The van der Waals surface area contributed by atoms with Gasteiger partial charge in [0.2, 0.25) is 5.24 Å². The van der Waals surface area contributed by atoms with E-state index in [4.69, 9.17) is 11.6 Å². The van der Waals surface area contributed by atoms with Crippen LogP contribution in [0.4, 0.5) is 0 Å². The second kappa shape index (κ2) is 6.62. The van der Waals surface area contributed by atoms with Crippen LogP contribution in [0.2, 0.25) is 0 Å². The number of hydrogen-bond acceptors (Lipinski definition) is 1. The number of carbonyl (C=O) groups is 1. The fourth-order valence-corrected chi connectivity index (χ4v) is 1.36. The molecule has 0 fully saturated rings. The highest BCUT2D eigenvalue weighted by Gasteiger charge is 2.09. The molecule has 0 heterocycles. The summed E-state index contributed by atoms with van der Waals surface area (Å²) >= 11 is 11.7. The number of alkyl halides is 2. The Morgan fingerprint density at radius 2 is 2.10 bits per heavy atom. The van der Waals surface area contributed by atoms with Crippen molar-refractivity contribution in [3.05, 3.63) is 0 Å². The van der Waals surface area contributed by atoms with Gasteiger partial charge in [-0.2, -0.15) is 0 Å². The Balaban J connectivity index is 3.21. The summed E-state index contributed by atoms with van der Waals surface area (Å²) < 4.78 is 0. The molecule has 0 bridgehead atoms. The second-order valence-corrected chi connectivity index (χ2v) is 4.23. The number of hydrogen-bond donors (Lipinski definition) is 0. The van der Waals surface area contributed by atoms with Gasteiger partial charge in [0.1, 0.15) is 0 Å².